The van der Waals surface area contributed by atoms with E-state index in [2.05, 4.69) is 12.2 Å². The number of unbranched alkanes of at least 4 members (excludes halogenated alkanes) is 6. The zero-order valence-corrected chi connectivity index (χ0v) is 12.4. The van der Waals surface area contributed by atoms with E-state index in [-0.39, 0.29) is 12.1 Å². The molecule has 0 aromatic heterocycles. The number of ether oxygens (including phenoxy) is 1. The number of carboxylic acid groups (broad SMARTS) is 1. The van der Waals surface area contributed by atoms with Crippen molar-refractivity contribution >= 4 is 11.9 Å². The SMILES string of the molecule is CCCCCCCCCC(=O)O[C@H]1CN[C@H](C(=O)O)C1. The summed E-state index contributed by atoms with van der Waals surface area (Å²) in [5.41, 5.74) is 0. The molecule has 0 aromatic carbocycles. The molecule has 20 heavy (non-hydrogen) atoms. The highest BCUT2D eigenvalue weighted by molar-refractivity contribution is 5.74. The van der Waals surface area contributed by atoms with Crippen molar-refractivity contribution in [3.05, 3.63) is 0 Å². The summed E-state index contributed by atoms with van der Waals surface area (Å²) < 4.78 is 5.27. The van der Waals surface area contributed by atoms with Crippen LogP contribution in [0.5, 0.6) is 0 Å². The number of nitrogens with one attached hydrogen (secondary N) is 1. The lowest BCUT2D eigenvalue weighted by Gasteiger charge is -2.10. The van der Waals surface area contributed by atoms with Gasteiger partial charge in [0.05, 0.1) is 0 Å². The Balaban J connectivity index is 2.00. The number of carbonyl (C=O) groups is 2. The molecule has 2 N–H and O–H groups in total. The van der Waals surface area contributed by atoms with Crippen LogP contribution in [0.15, 0.2) is 0 Å². The number of rotatable bonds is 10. The highest BCUT2D eigenvalue weighted by atomic mass is 16.5. The Morgan fingerprint density at radius 3 is 2.40 bits per heavy atom. The van der Waals surface area contributed by atoms with Gasteiger partial charge in [0, 0.05) is 19.4 Å². The maximum absolute atomic E-state index is 11.6. The molecule has 0 aromatic rings. The van der Waals surface area contributed by atoms with E-state index < -0.39 is 12.0 Å². The van der Waals surface area contributed by atoms with Gasteiger partial charge < -0.3 is 15.2 Å². The van der Waals surface area contributed by atoms with Crippen LogP contribution in [0.1, 0.15) is 64.7 Å². The normalized spacial score (nSPS) is 21.9. The molecule has 1 fully saturated rings. The van der Waals surface area contributed by atoms with E-state index in [1.807, 2.05) is 0 Å². The number of hydrogen-bond donors (Lipinski definition) is 2. The minimum absolute atomic E-state index is 0.198. The standard InChI is InChI=1S/C15H27NO4/c1-2-3-4-5-6-7-8-9-14(17)20-12-10-13(15(18)19)16-11-12/h12-13,16H,2-11H2,1H3,(H,18,19)/t12-,13+/m1/s1. The van der Waals surface area contributed by atoms with Gasteiger partial charge >= 0.3 is 11.9 Å². The topological polar surface area (TPSA) is 75.6 Å². The molecule has 2 atom stereocenters. The predicted molar refractivity (Wildman–Crippen MR) is 76.5 cm³/mol. The lowest BCUT2D eigenvalue weighted by Crippen LogP contribution is -2.30. The van der Waals surface area contributed by atoms with E-state index in [0.29, 0.717) is 19.4 Å². The van der Waals surface area contributed by atoms with Gasteiger partial charge in [-0.3, -0.25) is 9.59 Å². The highest BCUT2D eigenvalue weighted by Gasteiger charge is 2.31. The van der Waals surface area contributed by atoms with E-state index in [4.69, 9.17) is 9.84 Å². The molecule has 0 aliphatic carbocycles. The molecule has 0 spiro atoms. The maximum atomic E-state index is 11.6. The molecule has 0 unspecified atom stereocenters. The third-order valence-electron chi connectivity index (χ3n) is 3.67. The lowest BCUT2D eigenvalue weighted by molar-refractivity contribution is -0.149. The summed E-state index contributed by atoms with van der Waals surface area (Å²) in [4.78, 5) is 22.4. The van der Waals surface area contributed by atoms with Crippen LogP contribution in [0.4, 0.5) is 0 Å². The van der Waals surface area contributed by atoms with Crippen molar-refractivity contribution in [3.63, 3.8) is 0 Å². The van der Waals surface area contributed by atoms with Crippen LogP contribution in [0.25, 0.3) is 0 Å². The van der Waals surface area contributed by atoms with E-state index in [1.54, 1.807) is 0 Å². The van der Waals surface area contributed by atoms with E-state index >= 15 is 0 Å². The Kier molecular flexibility index (Phi) is 8.26. The van der Waals surface area contributed by atoms with Crippen molar-refractivity contribution < 1.29 is 19.4 Å². The number of esters is 1. The first-order chi connectivity index (χ1) is 9.63. The molecule has 0 saturated carbocycles. The monoisotopic (exact) mass is 285 g/mol. The largest absolute Gasteiger partial charge is 0.480 e. The van der Waals surface area contributed by atoms with Crippen LogP contribution in [0.2, 0.25) is 0 Å². The quantitative estimate of drug-likeness (QED) is 0.476. The molecule has 1 rings (SSSR count). The summed E-state index contributed by atoms with van der Waals surface area (Å²) in [5, 5.41) is 11.7. The fraction of sp³-hybridized carbons (Fsp3) is 0.867. The van der Waals surface area contributed by atoms with Gasteiger partial charge in [0.2, 0.25) is 0 Å². The molecular weight excluding hydrogens is 258 g/mol. The average Bonchev–Trinajstić information content (AvgIpc) is 2.86. The Morgan fingerprint density at radius 2 is 1.80 bits per heavy atom. The Labute approximate surface area is 121 Å². The van der Waals surface area contributed by atoms with Gasteiger partial charge in [-0.05, 0) is 6.42 Å². The van der Waals surface area contributed by atoms with Crippen molar-refractivity contribution in [2.24, 2.45) is 0 Å². The van der Waals surface area contributed by atoms with Gasteiger partial charge in [-0.25, -0.2) is 0 Å². The second kappa shape index (κ2) is 9.75. The zero-order chi connectivity index (χ0) is 14.8. The molecule has 0 bridgehead atoms. The van der Waals surface area contributed by atoms with Crippen LogP contribution >= 0.6 is 0 Å². The smallest absolute Gasteiger partial charge is 0.320 e. The van der Waals surface area contributed by atoms with Gasteiger partial charge in [0.25, 0.3) is 0 Å². The van der Waals surface area contributed by atoms with Crippen LogP contribution in [0.3, 0.4) is 0 Å². The van der Waals surface area contributed by atoms with Crippen molar-refractivity contribution in [1.29, 1.82) is 0 Å². The van der Waals surface area contributed by atoms with Crippen molar-refractivity contribution in [2.75, 3.05) is 6.54 Å². The van der Waals surface area contributed by atoms with Crippen molar-refractivity contribution in [1.82, 2.24) is 5.32 Å². The number of hydrogen-bond acceptors (Lipinski definition) is 4. The molecule has 5 heteroatoms. The molecule has 1 heterocycles. The molecular formula is C15H27NO4. The molecule has 1 aliphatic heterocycles. The first-order valence-electron chi connectivity index (χ1n) is 7.79. The molecule has 0 amide bonds. The van der Waals surface area contributed by atoms with Crippen LogP contribution in [-0.4, -0.2) is 35.7 Å². The minimum atomic E-state index is -0.879. The Morgan fingerprint density at radius 1 is 1.15 bits per heavy atom. The van der Waals surface area contributed by atoms with Crippen LogP contribution in [0, 0.1) is 0 Å². The van der Waals surface area contributed by atoms with Crippen molar-refractivity contribution in [3.8, 4) is 0 Å². The third-order valence-corrected chi connectivity index (χ3v) is 3.67. The fourth-order valence-corrected chi connectivity index (χ4v) is 2.45. The summed E-state index contributed by atoms with van der Waals surface area (Å²) in [6.45, 7) is 2.64. The second-order valence-corrected chi connectivity index (χ2v) is 5.52. The first kappa shape index (κ1) is 17.0. The first-order valence-corrected chi connectivity index (χ1v) is 7.79. The van der Waals surface area contributed by atoms with Crippen molar-refractivity contribution in [2.45, 2.75) is 76.9 Å². The molecule has 0 radical (unpaired) electrons. The number of carboxylic acids is 1. The van der Waals surface area contributed by atoms with E-state index in [9.17, 15) is 9.59 Å². The summed E-state index contributed by atoms with van der Waals surface area (Å²) >= 11 is 0. The highest BCUT2D eigenvalue weighted by Crippen LogP contribution is 2.13. The van der Waals surface area contributed by atoms with Gasteiger partial charge in [-0.2, -0.15) is 0 Å². The van der Waals surface area contributed by atoms with E-state index in [0.717, 1.165) is 12.8 Å². The number of carbonyl (C=O) groups excluding carboxylic acids is 1. The van der Waals surface area contributed by atoms with Gasteiger partial charge in [-0.15, -0.1) is 0 Å². The van der Waals surface area contributed by atoms with Crippen LogP contribution < -0.4 is 5.32 Å². The van der Waals surface area contributed by atoms with E-state index in [1.165, 1.54) is 32.1 Å². The Hall–Kier alpha value is -1.10. The van der Waals surface area contributed by atoms with Gasteiger partial charge in [-0.1, -0.05) is 45.4 Å². The zero-order valence-electron chi connectivity index (χ0n) is 12.4. The summed E-state index contributed by atoms with van der Waals surface area (Å²) in [6.07, 6.45) is 8.72. The summed E-state index contributed by atoms with van der Waals surface area (Å²) in [7, 11) is 0. The van der Waals surface area contributed by atoms with Crippen LogP contribution in [-0.2, 0) is 14.3 Å². The fourth-order valence-electron chi connectivity index (χ4n) is 2.45. The minimum Gasteiger partial charge on any atom is -0.480 e. The second-order valence-electron chi connectivity index (χ2n) is 5.52. The molecule has 1 saturated heterocycles. The summed E-state index contributed by atoms with van der Waals surface area (Å²) in [5.74, 6) is -1.08. The summed E-state index contributed by atoms with van der Waals surface area (Å²) in [6, 6.07) is -0.577. The lowest BCUT2D eigenvalue weighted by atomic mass is 10.1. The molecule has 1 aliphatic rings. The number of aliphatic carboxylic acids is 1. The molecule has 5 nitrogen and oxygen atoms in total. The van der Waals surface area contributed by atoms with Gasteiger partial charge in [0.1, 0.15) is 12.1 Å². The third kappa shape index (κ3) is 6.89. The average molecular weight is 285 g/mol. The van der Waals surface area contributed by atoms with Gasteiger partial charge in [0.15, 0.2) is 0 Å². The molecule has 116 valence electrons. The maximum Gasteiger partial charge on any atom is 0.320 e. The predicted octanol–water partition coefficient (Wildman–Crippen LogP) is 2.49. The Bertz CT molecular complexity index is 306.